The predicted molar refractivity (Wildman–Crippen MR) is 98.0 cm³/mol. The number of carbonyl (C=O) groups excluding carboxylic acids is 1. The van der Waals surface area contributed by atoms with Crippen LogP contribution < -0.4 is 10.1 Å². The third-order valence-corrected chi connectivity index (χ3v) is 4.89. The number of aromatic nitrogens is 1. The van der Waals surface area contributed by atoms with Crippen molar-refractivity contribution in [3.8, 4) is 5.75 Å². The molecule has 0 radical (unpaired) electrons. The lowest BCUT2D eigenvalue weighted by Gasteiger charge is -2.11. The van der Waals surface area contributed by atoms with Gasteiger partial charge in [0.15, 0.2) is 5.13 Å². The molecule has 1 aromatic heterocycles. The van der Waals surface area contributed by atoms with Crippen molar-refractivity contribution in [2.45, 2.75) is 6.92 Å². The lowest BCUT2D eigenvalue weighted by molar-refractivity contribution is 0.102. The fourth-order valence-electron chi connectivity index (χ4n) is 2.29. The van der Waals surface area contributed by atoms with Gasteiger partial charge in [-0.05, 0) is 42.8 Å². The first-order chi connectivity index (χ1) is 11.0. The quantitative estimate of drug-likeness (QED) is 0.638. The zero-order chi connectivity index (χ0) is 16.6. The molecule has 0 saturated carbocycles. The van der Waals surface area contributed by atoms with Gasteiger partial charge in [0.1, 0.15) is 5.75 Å². The molecule has 0 unspecified atom stereocenters. The Kier molecular flexibility index (Phi) is 4.57. The number of halogens is 2. The van der Waals surface area contributed by atoms with Gasteiger partial charge < -0.3 is 4.74 Å². The molecule has 0 aliphatic carbocycles. The van der Waals surface area contributed by atoms with Gasteiger partial charge in [-0.15, -0.1) is 0 Å². The van der Waals surface area contributed by atoms with Crippen molar-refractivity contribution < 1.29 is 9.53 Å². The summed E-state index contributed by atoms with van der Waals surface area (Å²) in [5.41, 5.74) is 2.13. The van der Waals surface area contributed by atoms with Crippen molar-refractivity contribution in [1.82, 2.24) is 4.98 Å². The van der Waals surface area contributed by atoms with Gasteiger partial charge in [0.25, 0.3) is 5.91 Å². The van der Waals surface area contributed by atoms with E-state index < -0.39 is 0 Å². The molecular formula is C16H12BrClN2O2S. The number of thiazole rings is 1. The first-order valence-electron chi connectivity index (χ1n) is 6.69. The van der Waals surface area contributed by atoms with E-state index in [4.69, 9.17) is 16.3 Å². The standard InChI is InChI=1S/C16H12BrClN2O2S/c1-8-5-9(17)6-11(14(8)22-2)15(21)20-16-19-12-4-3-10(18)7-13(12)23-16/h3-7H,1-2H3,(H,19,20,21). The molecule has 4 nitrogen and oxygen atoms in total. The lowest BCUT2D eigenvalue weighted by atomic mass is 10.1. The third kappa shape index (κ3) is 3.34. The molecule has 2 aromatic carbocycles. The molecule has 0 fully saturated rings. The van der Waals surface area contributed by atoms with Crippen LogP contribution in [0.2, 0.25) is 5.02 Å². The number of aryl methyl sites for hydroxylation is 1. The molecule has 0 saturated heterocycles. The van der Waals surface area contributed by atoms with Crippen molar-refractivity contribution >= 4 is 60.1 Å². The van der Waals surface area contributed by atoms with Crippen LogP contribution in [0.3, 0.4) is 0 Å². The minimum Gasteiger partial charge on any atom is -0.496 e. The third-order valence-electron chi connectivity index (χ3n) is 3.26. The summed E-state index contributed by atoms with van der Waals surface area (Å²) in [5.74, 6) is 0.284. The van der Waals surface area contributed by atoms with Crippen LogP contribution in [0.1, 0.15) is 15.9 Å². The zero-order valence-corrected chi connectivity index (χ0v) is 15.5. The summed E-state index contributed by atoms with van der Waals surface area (Å²) < 4.78 is 7.09. The largest absolute Gasteiger partial charge is 0.496 e. The Hall–Kier alpha value is -1.63. The monoisotopic (exact) mass is 410 g/mol. The summed E-state index contributed by atoms with van der Waals surface area (Å²) in [6.07, 6.45) is 0. The number of hydrogen-bond acceptors (Lipinski definition) is 4. The van der Waals surface area contributed by atoms with Gasteiger partial charge in [-0.1, -0.05) is 38.9 Å². The van der Waals surface area contributed by atoms with E-state index in [1.165, 1.54) is 11.3 Å². The maximum absolute atomic E-state index is 12.6. The molecule has 1 N–H and O–H groups in total. The number of nitrogens with one attached hydrogen (secondary N) is 1. The average Bonchev–Trinajstić information content (AvgIpc) is 2.87. The normalized spacial score (nSPS) is 10.8. The van der Waals surface area contributed by atoms with E-state index in [9.17, 15) is 4.79 Å². The van der Waals surface area contributed by atoms with Crippen LogP contribution in [-0.4, -0.2) is 18.0 Å². The smallest absolute Gasteiger partial charge is 0.261 e. The van der Waals surface area contributed by atoms with Crippen LogP contribution in [0.4, 0.5) is 5.13 Å². The van der Waals surface area contributed by atoms with Gasteiger partial charge in [0, 0.05) is 9.50 Å². The van der Waals surface area contributed by atoms with E-state index in [2.05, 4.69) is 26.2 Å². The number of hydrogen-bond donors (Lipinski definition) is 1. The number of rotatable bonds is 3. The number of ether oxygens (including phenoxy) is 1. The molecule has 23 heavy (non-hydrogen) atoms. The Morgan fingerprint density at radius 3 is 2.87 bits per heavy atom. The van der Waals surface area contributed by atoms with Crippen LogP contribution in [0.15, 0.2) is 34.8 Å². The molecule has 3 aromatic rings. The van der Waals surface area contributed by atoms with E-state index in [1.807, 2.05) is 25.1 Å². The van der Waals surface area contributed by atoms with Crippen LogP contribution in [0, 0.1) is 6.92 Å². The maximum atomic E-state index is 12.6. The van der Waals surface area contributed by atoms with Crippen molar-refractivity contribution in [3.63, 3.8) is 0 Å². The van der Waals surface area contributed by atoms with Crippen LogP contribution >= 0.6 is 38.9 Å². The fourth-order valence-corrected chi connectivity index (χ4v) is 4.00. The molecular weight excluding hydrogens is 400 g/mol. The summed E-state index contributed by atoms with van der Waals surface area (Å²) >= 11 is 10.8. The van der Waals surface area contributed by atoms with Crippen molar-refractivity contribution in [3.05, 3.63) is 51.0 Å². The molecule has 1 amide bonds. The number of carbonyl (C=O) groups is 1. The first kappa shape index (κ1) is 16.2. The van der Waals surface area contributed by atoms with Gasteiger partial charge in [-0.3, -0.25) is 10.1 Å². The molecule has 0 aliphatic heterocycles. The predicted octanol–water partition coefficient (Wildman–Crippen LogP) is 5.28. The fraction of sp³-hybridized carbons (Fsp3) is 0.125. The second kappa shape index (κ2) is 6.47. The zero-order valence-electron chi connectivity index (χ0n) is 12.3. The van der Waals surface area contributed by atoms with Gasteiger partial charge in [-0.25, -0.2) is 4.98 Å². The van der Waals surface area contributed by atoms with Gasteiger partial charge >= 0.3 is 0 Å². The van der Waals surface area contributed by atoms with E-state index >= 15 is 0 Å². The Labute approximate surface area is 150 Å². The highest BCUT2D eigenvalue weighted by Gasteiger charge is 2.17. The van der Waals surface area contributed by atoms with Crippen molar-refractivity contribution in [1.29, 1.82) is 0 Å². The number of nitrogens with zero attached hydrogens (tertiary/aromatic N) is 1. The average molecular weight is 412 g/mol. The lowest BCUT2D eigenvalue weighted by Crippen LogP contribution is -2.13. The highest BCUT2D eigenvalue weighted by Crippen LogP contribution is 2.31. The second-order valence-electron chi connectivity index (χ2n) is 4.89. The minimum atomic E-state index is -0.267. The van der Waals surface area contributed by atoms with E-state index in [1.54, 1.807) is 19.2 Å². The molecule has 3 rings (SSSR count). The molecule has 0 atom stereocenters. The summed E-state index contributed by atoms with van der Waals surface area (Å²) in [4.78, 5) is 17.0. The summed E-state index contributed by atoms with van der Waals surface area (Å²) in [5, 5.41) is 3.98. The van der Waals surface area contributed by atoms with Crippen LogP contribution in [-0.2, 0) is 0 Å². The summed E-state index contributed by atoms with van der Waals surface area (Å²) in [6.45, 7) is 1.89. The van der Waals surface area contributed by atoms with Crippen LogP contribution in [0.5, 0.6) is 5.75 Å². The number of anilines is 1. The molecule has 0 aliphatic rings. The molecule has 0 bridgehead atoms. The number of methoxy groups -OCH3 is 1. The Balaban J connectivity index is 1.94. The molecule has 1 heterocycles. The molecule has 7 heteroatoms. The number of benzene rings is 2. The highest BCUT2D eigenvalue weighted by molar-refractivity contribution is 9.10. The SMILES string of the molecule is COc1c(C)cc(Br)cc1C(=O)Nc1nc2ccc(Cl)cc2s1. The number of fused-ring (bicyclic) bond motifs is 1. The maximum Gasteiger partial charge on any atom is 0.261 e. The van der Waals surface area contributed by atoms with Crippen molar-refractivity contribution in [2.75, 3.05) is 12.4 Å². The van der Waals surface area contributed by atoms with Crippen molar-refractivity contribution in [2.24, 2.45) is 0 Å². The Morgan fingerprint density at radius 1 is 1.35 bits per heavy atom. The van der Waals surface area contributed by atoms with Gasteiger partial charge in [0.05, 0.1) is 22.9 Å². The minimum absolute atomic E-state index is 0.267. The Bertz CT molecular complexity index is 910. The first-order valence-corrected chi connectivity index (χ1v) is 8.68. The highest BCUT2D eigenvalue weighted by atomic mass is 79.9. The van der Waals surface area contributed by atoms with E-state index in [-0.39, 0.29) is 5.91 Å². The molecule has 118 valence electrons. The van der Waals surface area contributed by atoms with Crippen LogP contribution in [0.25, 0.3) is 10.2 Å². The Morgan fingerprint density at radius 2 is 2.13 bits per heavy atom. The molecule has 0 spiro atoms. The van der Waals surface area contributed by atoms with E-state index in [0.29, 0.717) is 21.5 Å². The topological polar surface area (TPSA) is 51.2 Å². The summed E-state index contributed by atoms with van der Waals surface area (Å²) in [6, 6.07) is 9.05. The summed E-state index contributed by atoms with van der Waals surface area (Å²) in [7, 11) is 1.55. The number of amides is 1. The van der Waals surface area contributed by atoms with E-state index in [0.717, 1.165) is 20.3 Å². The second-order valence-corrected chi connectivity index (χ2v) is 7.27. The van der Waals surface area contributed by atoms with Gasteiger partial charge in [0.2, 0.25) is 0 Å². The van der Waals surface area contributed by atoms with Gasteiger partial charge in [-0.2, -0.15) is 0 Å².